The molecule has 4 nitrogen and oxygen atoms in total. The van der Waals surface area contributed by atoms with E-state index in [1.54, 1.807) is 0 Å². The normalized spacial score (nSPS) is 25.5. The van der Waals surface area contributed by atoms with Crippen LogP contribution >= 0.6 is 0 Å². The first-order valence-electron chi connectivity index (χ1n) is 4.59. The first kappa shape index (κ1) is 10.5. The van der Waals surface area contributed by atoms with Crippen molar-refractivity contribution in [1.29, 1.82) is 0 Å². The summed E-state index contributed by atoms with van der Waals surface area (Å²) in [6.45, 7) is 8.08. The van der Waals surface area contributed by atoms with Gasteiger partial charge in [-0.05, 0) is 20.8 Å². The summed E-state index contributed by atoms with van der Waals surface area (Å²) in [6.07, 6.45) is 0. The van der Waals surface area contributed by atoms with E-state index in [9.17, 15) is 4.79 Å². The number of amides is 1. The molecular weight excluding hydrogens is 168 g/mol. The zero-order valence-electron chi connectivity index (χ0n) is 8.54. The minimum Gasteiger partial charge on any atom is -0.378 e. The van der Waals surface area contributed by atoms with Crippen LogP contribution < -0.4 is 5.73 Å². The molecule has 1 aliphatic rings. The van der Waals surface area contributed by atoms with Crippen molar-refractivity contribution in [3.63, 3.8) is 0 Å². The van der Waals surface area contributed by atoms with Crippen LogP contribution in [0.25, 0.3) is 0 Å². The lowest BCUT2D eigenvalue weighted by atomic mass is 10.00. The number of primary amides is 1. The predicted molar refractivity (Wildman–Crippen MR) is 50.3 cm³/mol. The third-order valence-corrected chi connectivity index (χ3v) is 2.59. The number of nitrogens with zero attached hydrogens (tertiary/aromatic N) is 1. The van der Waals surface area contributed by atoms with E-state index in [0.717, 1.165) is 6.54 Å². The molecule has 4 heteroatoms. The molecule has 1 fully saturated rings. The van der Waals surface area contributed by atoms with Crippen LogP contribution in [0.15, 0.2) is 0 Å². The fourth-order valence-electron chi connectivity index (χ4n) is 1.74. The number of nitrogens with two attached hydrogens (primary N) is 1. The summed E-state index contributed by atoms with van der Waals surface area (Å²) in [5, 5.41) is 0. The average Bonchev–Trinajstić information content (AvgIpc) is 2.02. The Hall–Kier alpha value is -0.610. The predicted octanol–water partition coefficient (Wildman–Crippen LogP) is -0.0290. The summed E-state index contributed by atoms with van der Waals surface area (Å²) in [5.41, 5.74) is 5.18. The summed E-state index contributed by atoms with van der Waals surface area (Å²) in [4.78, 5) is 13.1. The van der Waals surface area contributed by atoms with Gasteiger partial charge in [-0.25, -0.2) is 0 Å². The molecule has 1 rings (SSSR count). The third kappa shape index (κ3) is 2.19. The van der Waals surface area contributed by atoms with Crippen molar-refractivity contribution in [2.24, 2.45) is 5.73 Å². The molecule has 13 heavy (non-hydrogen) atoms. The molecule has 1 atom stereocenters. The van der Waals surface area contributed by atoms with E-state index in [1.807, 2.05) is 6.92 Å². The first-order valence-corrected chi connectivity index (χ1v) is 4.59. The molecular formula is C9H18N2O2. The molecule has 1 aliphatic heterocycles. The van der Waals surface area contributed by atoms with Gasteiger partial charge in [0.15, 0.2) is 0 Å². The molecule has 0 aromatic rings. The fraction of sp³-hybridized carbons (Fsp3) is 0.889. The van der Waals surface area contributed by atoms with Gasteiger partial charge in [-0.15, -0.1) is 0 Å². The number of ether oxygens (including phenoxy) is 1. The van der Waals surface area contributed by atoms with Gasteiger partial charge in [-0.3, -0.25) is 9.69 Å². The zero-order chi connectivity index (χ0) is 10.1. The Kier molecular flexibility index (Phi) is 2.93. The molecule has 0 aliphatic carbocycles. The van der Waals surface area contributed by atoms with Crippen molar-refractivity contribution in [3.05, 3.63) is 0 Å². The Morgan fingerprint density at radius 1 is 1.62 bits per heavy atom. The summed E-state index contributed by atoms with van der Waals surface area (Å²) < 4.78 is 5.35. The second kappa shape index (κ2) is 3.64. The Morgan fingerprint density at radius 2 is 2.23 bits per heavy atom. The minimum absolute atomic E-state index is 0.0906. The maximum Gasteiger partial charge on any atom is 0.234 e. The second-order valence-electron chi connectivity index (χ2n) is 4.14. The number of carbonyl (C=O) groups excluding carboxylic acids is 1. The van der Waals surface area contributed by atoms with Gasteiger partial charge in [-0.1, -0.05) is 0 Å². The summed E-state index contributed by atoms with van der Waals surface area (Å²) >= 11 is 0. The SMILES string of the molecule is CC(C(N)=O)N1CCOCC1(C)C. The van der Waals surface area contributed by atoms with Crippen LogP contribution in [0.2, 0.25) is 0 Å². The molecule has 0 aromatic heterocycles. The Balaban J connectivity index is 2.70. The van der Waals surface area contributed by atoms with Crippen LogP contribution in [0.5, 0.6) is 0 Å². The minimum atomic E-state index is -0.269. The number of rotatable bonds is 2. The Bertz CT molecular complexity index is 204. The van der Waals surface area contributed by atoms with Crippen LogP contribution in [0.3, 0.4) is 0 Å². The van der Waals surface area contributed by atoms with E-state index < -0.39 is 0 Å². The van der Waals surface area contributed by atoms with Gasteiger partial charge in [0, 0.05) is 12.1 Å². The van der Waals surface area contributed by atoms with E-state index in [0.29, 0.717) is 13.2 Å². The molecule has 0 aromatic carbocycles. The highest BCUT2D eigenvalue weighted by Gasteiger charge is 2.35. The largest absolute Gasteiger partial charge is 0.378 e. The van der Waals surface area contributed by atoms with Gasteiger partial charge >= 0.3 is 0 Å². The van der Waals surface area contributed by atoms with Gasteiger partial charge in [0.25, 0.3) is 0 Å². The van der Waals surface area contributed by atoms with E-state index in [1.165, 1.54) is 0 Å². The number of morpholine rings is 1. The molecule has 1 unspecified atom stereocenters. The van der Waals surface area contributed by atoms with Gasteiger partial charge in [0.1, 0.15) is 0 Å². The molecule has 1 amide bonds. The smallest absolute Gasteiger partial charge is 0.234 e. The molecule has 1 saturated heterocycles. The van der Waals surface area contributed by atoms with Gasteiger partial charge in [-0.2, -0.15) is 0 Å². The standard InChI is InChI=1S/C9H18N2O2/c1-7(8(10)12)11-4-5-13-6-9(11,2)3/h7H,4-6H2,1-3H3,(H2,10,12). The number of hydrogen-bond donors (Lipinski definition) is 1. The van der Waals surface area contributed by atoms with Crippen molar-refractivity contribution in [2.45, 2.75) is 32.4 Å². The highest BCUT2D eigenvalue weighted by atomic mass is 16.5. The van der Waals surface area contributed by atoms with E-state index in [2.05, 4.69) is 18.7 Å². The van der Waals surface area contributed by atoms with Crippen molar-refractivity contribution < 1.29 is 9.53 Å². The number of carbonyl (C=O) groups is 1. The lowest BCUT2D eigenvalue weighted by Gasteiger charge is -2.44. The van der Waals surface area contributed by atoms with Crippen molar-refractivity contribution in [3.8, 4) is 0 Å². The van der Waals surface area contributed by atoms with E-state index >= 15 is 0 Å². The van der Waals surface area contributed by atoms with Gasteiger partial charge < -0.3 is 10.5 Å². The third-order valence-electron chi connectivity index (χ3n) is 2.59. The highest BCUT2D eigenvalue weighted by Crippen LogP contribution is 2.21. The maximum absolute atomic E-state index is 11.0. The van der Waals surface area contributed by atoms with Gasteiger partial charge in [0.2, 0.25) is 5.91 Å². The highest BCUT2D eigenvalue weighted by molar-refractivity contribution is 5.79. The zero-order valence-corrected chi connectivity index (χ0v) is 8.54. The van der Waals surface area contributed by atoms with Crippen LogP contribution in [0, 0.1) is 0 Å². The van der Waals surface area contributed by atoms with Crippen molar-refractivity contribution in [1.82, 2.24) is 4.90 Å². The molecule has 76 valence electrons. The average molecular weight is 186 g/mol. The van der Waals surface area contributed by atoms with Crippen LogP contribution in [0.1, 0.15) is 20.8 Å². The number of hydrogen-bond acceptors (Lipinski definition) is 3. The molecule has 1 heterocycles. The van der Waals surface area contributed by atoms with Crippen molar-refractivity contribution in [2.75, 3.05) is 19.8 Å². The van der Waals surface area contributed by atoms with Crippen molar-refractivity contribution >= 4 is 5.91 Å². The maximum atomic E-state index is 11.0. The van der Waals surface area contributed by atoms with E-state index in [-0.39, 0.29) is 17.5 Å². The topological polar surface area (TPSA) is 55.6 Å². The summed E-state index contributed by atoms with van der Waals surface area (Å²) in [6, 6.07) is -0.209. The summed E-state index contributed by atoms with van der Waals surface area (Å²) in [7, 11) is 0. The summed E-state index contributed by atoms with van der Waals surface area (Å²) in [5.74, 6) is -0.269. The Morgan fingerprint density at radius 3 is 2.69 bits per heavy atom. The molecule has 0 saturated carbocycles. The molecule has 0 bridgehead atoms. The second-order valence-corrected chi connectivity index (χ2v) is 4.14. The lowest BCUT2D eigenvalue weighted by Crippen LogP contribution is -2.59. The monoisotopic (exact) mass is 186 g/mol. The quantitative estimate of drug-likeness (QED) is 0.659. The fourth-order valence-corrected chi connectivity index (χ4v) is 1.74. The van der Waals surface area contributed by atoms with Crippen LogP contribution in [-0.4, -0.2) is 42.1 Å². The lowest BCUT2D eigenvalue weighted by molar-refractivity contribution is -0.130. The molecule has 0 spiro atoms. The first-order chi connectivity index (χ1) is 5.95. The Labute approximate surface area is 79.0 Å². The van der Waals surface area contributed by atoms with Gasteiger partial charge in [0.05, 0.1) is 19.3 Å². The van der Waals surface area contributed by atoms with Crippen LogP contribution in [0.4, 0.5) is 0 Å². The van der Waals surface area contributed by atoms with E-state index in [4.69, 9.17) is 10.5 Å². The van der Waals surface area contributed by atoms with Crippen LogP contribution in [-0.2, 0) is 9.53 Å². The molecule has 2 N–H and O–H groups in total. The molecule has 0 radical (unpaired) electrons.